The van der Waals surface area contributed by atoms with Crippen molar-refractivity contribution in [1.82, 2.24) is 0 Å². The number of nitriles is 1. The molecule has 0 bridgehead atoms. The second kappa shape index (κ2) is 2.45. The summed E-state index contributed by atoms with van der Waals surface area (Å²) in [7, 11) is 0. The summed E-state index contributed by atoms with van der Waals surface area (Å²) in [5.74, 6) is 0. The fraction of sp³-hybridized carbons (Fsp3) is 0.889. The summed E-state index contributed by atoms with van der Waals surface area (Å²) in [5.41, 5.74) is -1.33. The first-order valence-corrected chi connectivity index (χ1v) is 4.44. The molecule has 2 fully saturated rings. The van der Waals surface area contributed by atoms with E-state index in [1.807, 2.05) is 0 Å². The zero-order chi connectivity index (χ0) is 8.66. The lowest BCUT2D eigenvalue weighted by Crippen LogP contribution is -2.53. The van der Waals surface area contributed by atoms with Gasteiger partial charge in [0.05, 0.1) is 18.3 Å². The van der Waals surface area contributed by atoms with Crippen LogP contribution < -0.4 is 0 Å². The molecular formula is C9H13NO2. The van der Waals surface area contributed by atoms with Gasteiger partial charge in [-0.2, -0.15) is 5.26 Å². The van der Waals surface area contributed by atoms with Gasteiger partial charge >= 0.3 is 0 Å². The van der Waals surface area contributed by atoms with Crippen LogP contribution in [0.5, 0.6) is 0 Å². The van der Waals surface area contributed by atoms with Gasteiger partial charge in [-0.3, -0.25) is 0 Å². The van der Waals surface area contributed by atoms with Gasteiger partial charge in [0, 0.05) is 6.61 Å². The van der Waals surface area contributed by atoms with Crippen molar-refractivity contribution >= 4 is 0 Å². The lowest BCUT2D eigenvalue weighted by Gasteiger charge is -2.46. The van der Waals surface area contributed by atoms with Crippen LogP contribution in [0.3, 0.4) is 0 Å². The SMILES string of the molecule is N#CC1(C2(O)CCC2)CCOC1. The molecule has 0 aromatic carbocycles. The maximum absolute atomic E-state index is 10.1. The highest BCUT2D eigenvalue weighted by atomic mass is 16.5. The lowest BCUT2D eigenvalue weighted by atomic mass is 9.61. The van der Waals surface area contributed by atoms with Crippen LogP contribution in [-0.2, 0) is 4.74 Å². The van der Waals surface area contributed by atoms with Crippen LogP contribution in [0.2, 0.25) is 0 Å². The second-order valence-corrected chi connectivity index (χ2v) is 3.88. The molecule has 1 N–H and O–H groups in total. The minimum atomic E-state index is -0.738. The molecule has 3 nitrogen and oxygen atoms in total. The van der Waals surface area contributed by atoms with Gasteiger partial charge in [-0.15, -0.1) is 0 Å². The fourth-order valence-corrected chi connectivity index (χ4v) is 2.11. The van der Waals surface area contributed by atoms with E-state index in [0.717, 1.165) is 19.3 Å². The fourth-order valence-electron chi connectivity index (χ4n) is 2.11. The Kier molecular flexibility index (Phi) is 1.64. The van der Waals surface area contributed by atoms with Crippen LogP contribution in [0.15, 0.2) is 0 Å². The Morgan fingerprint density at radius 2 is 2.08 bits per heavy atom. The van der Waals surface area contributed by atoms with Crippen LogP contribution in [0.4, 0.5) is 0 Å². The smallest absolute Gasteiger partial charge is 0.111 e. The molecule has 1 heterocycles. The Labute approximate surface area is 71.9 Å². The molecule has 0 aromatic heterocycles. The Balaban J connectivity index is 2.22. The molecule has 1 unspecified atom stereocenters. The minimum absolute atomic E-state index is 0.417. The van der Waals surface area contributed by atoms with Crippen LogP contribution in [-0.4, -0.2) is 23.9 Å². The summed E-state index contributed by atoms with van der Waals surface area (Å²) >= 11 is 0. The number of nitrogens with zero attached hydrogens (tertiary/aromatic N) is 1. The molecule has 2 rings (SSSR count). The van der Waals surface area contributed by atoms with Gasteiger partial charge in [-0.1, -0.05) is 0 Å². The maximum Gasteiger partial charge on any atom is 0.111 e. The predicted octanol–water partition coefficient (Wildman–Crippen LogP) is 0.832. The molecule has 3 heteroatoms. The quantitative estimate of drug-likeness (QED) is 0.629. The first kappa shape index (κ1) is 8.03. The number of hydrogen-bond acceptors (Lipinski definition) is 3. The molecule has 1 aliphatic heterocycles. The summed E-state index contributed by atoms with van der Waals surface area (Å²) in [6, 6.07) is 2.24. The minimum Gasteiger partial charge on any atom is -0.388 e. The van der Waals surface area contributed by atoms with Gasteiger partial charge in [-0.05, 0) is 25.7 Å². The zero-order valence-electron chi connectivity index (χ0n) is 7.05. The third kappa shape index (κ3) is 0.825. The monoisotopic (exact) mass is 167 g/mol. The Morgan fingerprint density at radius 3 is 2.42 bits per heavy atom. The van der Waals surface area contributed by atoms with Gasteiger partial charge in [0.2, 0.25) is 0 Å². The first-order chi connectivity index (χ1) is 5.72. The Bertz CT molecular complexity index is 221. The summed E-state index contributed by atoms with van der Waals surface area (Å²) < 4.78 is 5.19. The highest BCUT2D eigenvalue weighted by molar-refractivity contribution is 5.16. The third-order valence-corrected chi connectivity index (χ3v) is 3.31. The lowest BCUT2D eigenvalue weighted by molar-refractivity contribution is -0.115. The van der Waals surface area contributed by atoms with Gasteiger partial charge in [0.15, 0.2) is 0 Å². The van der Waals surface area contributed by atoms with Gasteiger partial charge < -0.3 is 9.84 Å². The van der Waals surface area contributed by atoms with Crippen molar-refractivity contribution in [2.45, 2.75) is 31.3 Å². The van der Waals surface area contributed by atoms with E-state index in [4.69, 9.17) is 10.00 Å². The summed E-state index contributed by atoms with van der Waals surface area (Å²) in [6.45, 7) is 1.04. The van der Waals surface area contributed by atoms with Gasteiger partial charge in [0.25, 0.3) is 0 Å². The third-order valence-electron chi connectivity index (χ3n) is 3.31. The highest BCUT2D eigenvalue weighted by Crippen LogP contribution is 2.50. The van der Waals surface area contributed by atoms with E-state index in [2.05, 4.69) is 6.07 Å². The molecule has 1 saturated carbocycles. The summed E-state index contributed by atoms with van der Waals surface area (Å²) in [5, 5.41) is 19.1. The zero-order valence-corrected chi connectivity index (χ0v) is 7.05. The molecule has 1 aliphatic carbocycles. The average molecular weight is 167 g/mol. The highest BCUT2D eigenvalue weighted by Gasteiger charge is 2.56. The molecule has 66 valence electrons. The molecule has 2 aliphatic rings. The van der Waals surface area contributed by atoms with Crippen molar-refractivity contribution in [2.75, 3.05) is 13.2 Å². The van der Waals surface area contributed by atoms with Crippen molar-refractivity contribution in [3.05, 3.63) is 0 Å². The molecule has 0 radical (unpaired) electrons. The maximum atomic E-state index is 10.1. The van der Waals surface area contributed by atoms with Crippen molar-refractivity contribution in [3.63, 3.8) is 0 Å². The van der Waals surface area contributed by atoms with Gasteiger partial charge in [0.1, 0.15) is 5.41 Å². The summed E-state index contributed by atoms with van der Waals surface area (Å²) in [6.07, 6.45) is 3.27. The van der Waals surface area contributed by atoms with Crippen LogP contribution in [0, 0.1) is 16.7 Å². The molecule has 0 aromatic rings. The van der Waals surface area contributed by atoms with Crippen LogP contribution >= 0.6 is 0 Å². The molecule has 0 spiro atoms. The van der Waals surface area contributed by atoms with Crippen molar-refractivity contribution in [2.24, 2.45) is 5.41 Å². The topological polar surface area (TPSA) is 53.2 Å². The first-order valence-electron chi connectivity index (χ1n) is 4.44. The molecule has 12 heavy (non-hydrogen) atoms. The van der Waals surface area contributed by atoms with Crippen molar-refractivity contribution < 1.29 is 9.84 Å². The van der Waals surface area contributed by atoms with E-state index < -0.39 is 11.0 Å². The van der Waals surface area contributed by atoms with E-state index in [1.54, 1.807) is 0 Å². The summed E-state index contributed by atoms with van der Waals surface area (Å²) in [4.78, 5) is 0. The Morgan fingerprint density at radius 1 is 1.33 bits per heavy atom. The number of aliphatic hydroxyl groups is 1. The normalized spacial score (nSPS) is 38.7. The standard InChI is InChI=1S/C9H13NO2/c10-6-8(4-5-12-7-8)9(11)2-1-3-9/h11H,1-5,7H2. The molecule has 0 amide bonds. The van der Waals surface area contributed by atoms with Crippen molar-refractivity contribution in [1.29, 1.82) is 5.26 Å². The van der Waals surface area contributed by atoms with Crippen LogP contribution in [0.25, 0.3) is 0 Å². The predicted molar refractivity (Wildman–Crippen MR) is 42.3 cm³/mol. The average Bonchev–Trinajstić information content (AvgIpc) is 2.49. The van der Waals surface area contributed by atoms with E-state index >= 15 is 0 Å². The number of ether oxygens (including phenoxy) is 1. The number of rotatable bonds is 1. The molecule has 1 atom stereocenters. The second-order valence-electron chi connectivity index (χ2n) is 3.88. The van der Waals surface area contributed by atoms with Crippen molar-refractivity contribution in [3.8, 4) is 6.07 Å². The van der Waals surface area contributed by atoms with E-state index in [-0.39, 0.29) is 0 Å². The van der Waals surface area contributed by atoms with E-state index in [9.17, 15) is 5.11 Å². The molecule has 1 saturated heterocycles. The Hall–Kier alpha value is -0.590. The van der Waals surface area contributed by atoms with Gasteiger partial charge in [-0.25, -0.2) is 0 Å². The molecular weight excluding hydrogens is 154 g/mol. The largest absolute Gasteiger partial charge is 0.388 e. The van der Waals surface area contributed by atoms with Crippen LogP contribution in [0.1, 0.15) is 25.7 Å². The van der Waals surface area contributed by atoms with E-state index in [0.29, 0.717) is 19.6 Å². The number of hydrogen-bond donors (Lipinski definition) is 1. The van der Waals surface area contributed by atoms with E-state index in [1.165, 1.54) is 0 Å².